The summed E-state index contributed by atoms with van der Waals surface area (Å²) in [6.45, 7) is 9.63. The van der Waals surface area contributed by atoms with Gasteiger partial charge in [0.25, 0.3) is 5.91 Å². The summed E-state index contributed by atoms with van der Waals surface area (Å²) in [5.74, 6) is -0.554. The van der Waals surface area contributed by atoms with Crippen LogP contribution >= 0.6 is 0 Å². The number of carbonyl (C=O) groups excluding carboxylic acids is 2. The van der Waals surface area contributed by atoms with Crippen LogP contribution in [-0.2, 0) is 9.59 Å². The Balaban J connectivity index is 3.03. The third-order valence-electron chi connectivity index (χ3n) is 2.95. The summed E-state index contributed by atoms with van der Waals surface area (Å²) in [6.07, 6.45) is 5.30. The molecule has 0 aromatic carbocycles. The topological polar surface area (TPSA) is 46.2 Å². The fourth-order valence-electron chi connectivity index (χ4n) is 1.81. The molecule has 0 bridgehead atoms. The number of nitrogens with one attached hydrogen (secondary N) is 1. The molecule has 1 aliphatic rings. The maximum Gasteiger partial charge on any atom is 0.258 e. The van der Waals surface area contributed by atoms with Gasteiger partial charge in [-0.05, 0) is 26.7 Å². The van der Waals surface area contributed by atoms with Crippen molar-refractivity contribution in [3.8, 4) is 0 Å². The highest BCUT2D eigenvalue weighted by molar-refractivity contribution is 6.27. The van der Waals surface area contributed by atoms with Gasteiger partial charge in [-0.3, -0.25) is 9.59 Å². The average Bonchev–Trinajstić information content (AvgIpc) is 2.32. The molecule has 0 unspecified atom stereocenters. The van der Waals surface area contributed by atoms with Gasteiger partial charge < -0.3 is 5.32 Å². The molecule has 1 heterocycles. The lowest BCUT2D eigenvalue weighted by atomic mass is 9.92. The molecule has 0 aliphatic carbocycles. The fraction of sp³-hybridized carbons (Fsp3) is 0.467. The van der Waals surface area contributed by atoms with Crippen molar-refractivity contribution >= 4 is 11.7 Å². The highest BCUT2D eigenvalue weighted by Crippen LogP contribution is 2.23. The van der Waals surface area contributed by atoms with Gasteiger partial charge in [-0.15, -0.1) is 0 Å². The Morgan fingerprint density at radius 1 is 1.33 bits per heavy atom. The molecule has 98 valence electrons. The van der Waals surface area contributed by atoms with E-state index in [-0.39, 0.29) is 17.3 Å². The summed E-state index contributed by atoms with van der Waals surface area (Å²) in [5, 5.41) is 2.79. The summed E-state index contributed by atoms with van der Waals surface area (Å²) in [7, 11) is 0. The first-order valence-electron chi connectivity index (χ1n) is 6.37. The van der Waals surface area contributed by atoms with Gasteiger partial charge in [0.2, 0.25) is 0 Å². The van der Waals surface area contributed by atoms with E-state index >= 15 is 0 Å². The van der Waals surface area contributed by atoms with Crippen molar-refractivity contribution in [2.75, 3.05) is 0 Å². The van der Waals surface area contributed by atoms with Crippen molar-refractivity contribution < 1.29 is 9.59 Å². The van der Waals surface area contributed by atoms with Crippen molar-refractivity contribution in [2.24, 2.45) is 0 Å². The van der Waals surface area contributed by atoms with Gasteiger partial charge in [-0.25, -0.2) is 0 Å². The second kappa shape index (κ2) is 6.34. The van der Waals surface area contributed by atoms with E-state index in [0.717, 1.165) is 24.1 Å². The number of allylic oxidation sites excluding steroid dienone is 3. The Morgan fingerprint density at radius 2 is 2.00 bits per heavy atom. The lowest BCUT2D eigenvalue weighted by Gasteiger charge is -2.21. The lowest BCUT2D eigenvalue weighted by Crippen LogP contribution is -2.35. The first-order chi connectivity index (χ1) is 8.47. The van der Waals surface area contributed by atoms with E-state index in [9.17, 15) is 9.59 Å². The summed E-state index contributed by atoms with van der Waals surface area (Å²) >= 11 is 0. The molecule has 1 aliphatic heterocycles. The van der Waals surface area contributed by atoms with Crippen LogP contribution < -0.4 is 5.32 Å². The van der Waals surface area contributed by atoms with E-state index in [0.29, 0.717) is 12.8 Å². The van der Waals surface area contributed by atoms with Crippen LogP contribution in [0.5, 0.6) is 0 Å². The van der Waals surface area contributed by atoms with Gasteiger partial charge in [-0.1, -0.05) is 31.6 Å². The van der Waals surface area contributed by atoms with E-state index in [1.54, 1.807) is 0 Å². The van der Waals surface area contributed by atoms with E-state index in [2.05, 4.69) is 18.8 Å². The smallest absolute Gasteiger partial charge is 0.258 e. The van der Waals surface area contributed by atoms with E-state index < -0.39 is 0 Å². The van der Waals surface area contributed by atoms with E-state index in [1.165, 1.54) is 5.57 Å². The number of ketones is 1. The second-order valence-electron chi connectivity index (χ2n) is 4.81. The molecule has 3 nitrogen and oxygen atoms in total. The standard InChI is InChI=1S/C15H21NO2/c1-5-6-7-12-13(9-8-10(2)3)16-15(18)11(4)14(12)17/h8H,4-7,9H2,1-3H3,(H,16,18). The summed E-state index contributed by atoms with van der Waals surface area (Å²) in [5.41, 5.74) is 2.69. The van der Waals surface area contributed by atoms with E-state index in [4.69, 9.17) is 0 Å². The van der Waals surface area contributed by atoms with Crippen molar-refractivity contribution in [3.05, 3.63) is 35.1 Å². The van der Waals surface area contributed by atoms with Gasteiger partial charge in [0.15, 0.2) is 5.78 Å². The number of carbonyl (C=O) groups is 2. The Hall–Kier alpha value is -1.64. The zero-order chi connectivity index (χ0) is 13.7. The fourth-order valence-corrected chi connectivity index (χ4v) is 1.81. The van der Waals surface area contributed by atoms with Crippen molar-refractivity contribution in [3.63, 3.8) is 0 Å². The average molecular weight is 247 g/mol. The van der Waals surface area contributed by atoms with Crippen LogP contribution in [0.3, 0.4) is 0 Å². The summed E-state index contributed by atoms with van der Waals surface area (Å²) in [4.78, 5) is 23.7. The molecule has 1 amide bonds. The number of Topliss-reactive ketones (excluding diaryl/α,β-unsaturated/α-hetero) is 1. The molecule has 0 saturated carbocycles. The number of rotatable bonds is 5. The lowest BCUT2D eigenvalue weighted by molar-refractivity contribution is -0.121. The van der Waals surface area contributed by atoms with Crippen LogP contribution in [0.1, 0.15) is 46.5 Å². The van der Waals surface area contributed by atoms with Crippen LogP contribution in [0.4, 0.5) is 0 Å². The van der Waals surface area contributed by atoms with Crippen molar-refractivity contribution in [1.82, 2.24) is 5.32 Å². The summed E-state index contributed by atoms with van der Waals surface area (Å²) < 4.78 is 0. The highest BCUT2D eigenvalue weighted by atomic mass is 16.2. The highest BCUT2D eigenvalue weighted by Gasteiger charge is 2.28. The maximum absolute atomic E-state index is 12.1. The summed E-state index contributed by atoms with van der Waals surface area (Å²) in [6, 6.07) is 0. The molecule has 3 heteroatoms. The Bertz CT molecular complexity index is 437. The third-order valence-corrected chi connectivity index (χ3v) is 2.95. The predicted octanol–water partition coefficient (Wildman–Crippen LogP) is 3.04. The Morgan fingerprint density at radius 3 is 2.56 bits per heavy atom. The monoisotopic (exact) mass is 247 g/mol. The first-order valence-corrected chi connectivity index (χ1v) is 6.37. The molecule has 0 saturated heterocycles. The minimum absolute atomic E-state index is 0.0575. The van der Waals surface area contributed by atoms with Gasteiger partial charge >= 0.3 is 0 Å². The molecule has 0 fully saturated rings. The zero-order valence-corrected chi connectivity index (χ0v) is 11.4. The molecule has 0 aromatic heterocycles. The van der Waals surface area contributed by atoms with Crippen LogP contribution in [-0.4, -0.2) is 11.7 Å². The third kappa shape index (κ3) is 3.42. The van der Waals surface area contributed by atoms with Gasteiger partial charge in [-0.2, -0.15) is 0 Å². The molecule has 18 heavy (non-hydrogen) atoms. The Labute approximate surface area is 109 Å². The number of unbranched alkanes of at least 4 members (excludes halogenated alkanes) is 1. The molecule has 0 atom stereocenters. The van der Waals surface area contributed by atoms with Crippen molar-refractivity contribution in [1.29, 1.82) is 0 Å². The Kier molecular flexibility index (Phi) is 5.08. The second-order valence-corrected chi connectivity index (χ2v) is 4.81. The van der Waals surface area contributed by atoms with Crippen LogP contribution in [0.2, 0.25) is 0 Å². The predicted molar refractivity (Wildman–Crippen MR) is 72.9 cm³/mol. The maximum atomic E-state index is 12.1. The van der Waals surface area contributed by atoms with Crippen molar-refractivity contribution in [2.45, 2.75) is 46.5 Å². The minimum atomic E-state index is -0.364. The molecule has 0 aromatic rings. The molecular formula is C15H21NO2. The molecule has 1 rings (SSSR count). The molecule has 1 N–H and O–H groups in total. The largest absolute Gasteiger partial charge is 0.325 e. The minimum Gasteiger partial charge on any atom is -0.325 e. The van der Waals surface area contributed by atoms with Gasteiger partial charge in [0, 0.05) is 17.7 Å². The zero-order valence-electron chi connectivity index (χ0n) is 11.4. The van der Waals surface area contributed by atoms with Crippen LogP contribution in [0.15, 0.2) is 35.1 Å². The SMILES string of the molecule is C=C1C(=O)NC(CC=C(C)C)=C(CCCC)C1=O. The number of hydrogen-bond donors (Lipinski definition) is 1. The molecular weight excluding hydrogens is 226 g/mol. The number of amides is 1. The van der Waals surface area contributed by atoms with Crippen LogP contribution in [0, 0.1) is 0 Å². The molecule has 0 radical (unpaired) electrons. The normalized spacial score (nSPS) is 15.8. The van der Waals surface area contributed by atoms with Crippen LogP contribution in [0.25, 0.3) is 0 Å². The van der Waals surface area contributed by atoms with E-state index in [1.807, 2.05) is 19.9 Å². The van der Waals surface area contributed by atoms with Gasteiger partial charge in [0.05, 0.1) is 5.57 Å². The molecule has 0 spiro atoms. The number of hydrogen-bond acceptors (Lipinski definition) is 2. The quantitative estimate of drug-likeness (QED) is 0.461. The van der Waals surface area contributed by atoms with Gasteiger partial charge in [0.1, 0.15) is 0 Å². The first kappa shape index (κ1) is 14.4.